The van der Waals surface area contributed by atoms with Crippen LogP contribution >= 0.6 is 11.8 Å². The number of fused-ring (bicyclic) bond motifs is 1. The smallest absolute Gasteiger partial charge is 0.283 e. The van der Waals surface area contributed by atoms with Gasteiger partial charge >= 0.3 is 0 Å². The van der Waals surface area contributed by atoms with Gasteiger partial charge in [0.15, 0.2) is 5.17 Å². The minimum Gasteiger partial charge on any atom is -0.489 e. The molecule has 0 spiro atoms. The number of hydrogen-bond acceptors (Lipinski definition) is 4. The van der Waals surface area contributed by atoms with E-state index in [1.807, 2.05) is 47.9 Å². The van der Waals surface area contributed by atoms with Crippen LogP contribution in [0, 0.1) is 11.2 Å². The number of aliphatic imine (C=N–C) groups is 1. The van der Waals surface area contributed by atoms with Gasteiger partial charge in [-0.1, -0.05) is 66.4 Å². The van der Waals surface area contributed by atoms with E-state index in [1.165, 1.54) is 23.9 Å². The first kappa shape index (κ1) is 20.9. The Morgan fingerprint density at radius 3 is 2.45 bits per heavy atom. The Bertz CT molecular complexity index is 1310. The van der Waals surface area contributed by atoms with Gasteiger partial charge in [-0.2, -0.15) is 4.99 Å². The highest BCUT2D eigenvalue weighted by atomic mass is 32.2. The summed E-state index contributed by atoms with van der Waals surface area (Å²) >= 11 is 1.34. The van der Waals surface area contributed by atoms with Crippen molar-refractivity contribution in [2.75, 3.05) is 0 Å². The molecule has 5 nitrogen and oxygen atoms in total. The monoisotopic (exact) mass is 455 g/mol. The molecule has 3 aromatic rings. The second kappa shape index (κ2) is 8.88. The van der Waals surface area contributed by atoms with Gasteiger partial charge in [-0.15, -0.1) is 0 Å². The first-order valence-corrected chi connectivity index (χ1v) is 11.1. The standard InChI is InChI=1S/C26H18FN3O2S/c27-20-10-6-18(7-11-20)15-32-21-12-8-17(9-13-21)14-22-24(28)30-23(19-4-2-1-3-5-19)16-33-26(30)29-25(22)31/h1-14,16,28H,15H2/b22-14-,28-24?. The van der Waals surface area contributed by atoms with Crippen LogP contribution in [0.3, 0.4) is 0 Å². The third-order valence-electron chi connectivity index (χ3n) is 5.19. The first-order valence-electron chi connectivity index (χ1n) is 10.2. The number of nitrogens with zero attached hydrogens (tertiary/aromatic N) is 2. The summed E-state index contributed by atoms with van der Waals surface area (Å²) in [5.41, 5.74) is 3.63. The van der Waals surface area contributed by atoms with Gasteiger partial charge in [0.1, 0.15) is 24.0 Å². The van der Waals surface area contributed by atoms with E-state index in [0.717, 1.165) is 22.4 Å². The maximum Gasteiger partial charge on any atom is 0.283 e. The molecule has 2 aliphatic rings. The molecular formula is C26H18FN3O2S. The van der Waals surface area contributed by atoms with E-state index in [1.54, 1.807) is 35.2 Å². The Kier molecular flexibility index (Phi) is 5.62. The number of carbonyl (C=O) groups excluding carboxylic acids is 1. The van der Waals surface area contributed by atoms with Crippen LogP contribution in [0.5, 0.6) is 5.75 Å². The van der Waals surface area contributed by atoms with E-state index in [9.17, 15) is 9.18 Å². The third-order valence-corrected chi connectivity index (χ3v) is 6.02. The summed E-state index contributed by atoms with van der Waals surface area (Å²) in [4.78, 5) is 18.5. The van der Waals surface area contributed by atoms with Gasteiger partial charge in [0.25, 0.3) is 5.91 Å². The van der Waals surface area contributed by atoms with Crippen LogP contribution in [-0.2, 0) is 11.4 Å². The topological polar surface area (TPSA) is 65.8 Å². The van der Waals surface area contributed by atoms with Gasteiger partial charge in [-0.25, -0.2) is 4.39 Å². The molecule has 1 amide bonds. The molecule has 162 valence electrons. The van der Waals surface area contributed by atoms with Crippen molar-refractivity contribution in [3.8, 4) is 5.75 Å². The van der Waals surface area contributed by atoms with Gasteiger partial charge in [0.2, 0.25) is 0 Å². The highest BCUT2D eigenvalue weighted by Crippen LogP contribution is 2.37. The Hall–Kier alpha value is -3.97. The molecule has 0 fully saturated rings. The highest BCUT2D eigenvalue weighted by molar-refractivity contribution is 8.17. The zero-order valence-corrected chi connectivity index (χ0v) is 18.2. The van der Waals surface area contributed by atoms with Gasteiger partial charge in [0, 0.05) is 5.41 Å². The average molecular weight is 456 g/mol. The summed E-state index contributed by atoms with van der Waals surface area (Å²) in [6.07, 6.45) is 1.67. The molecule has 33 heavy (non-hydrogen) atoms. The molecule has 0 aromatic heterocycles. The summed E-state index contributed by atoms with van der Waals surface area (Å²) in [5.74, 6) is 0.0335. The highest BCUT2D eigenvalue weighted by Gasteiger charge is 2.36. The van der Waals surface area contributed by atoms with Crippen LogP contribution < -0.4 is 4.74 Å². The molecule has 0 radical (unpaired) electrons. The number of ether oxygens (including phenoxy) is 1. The molecule has 0 bridgehead atoms. The van der Waals surface area contributed by atoms with E-state index in [4.69, 9.17) is 10.1 Å². The SMILES string of the molecule is N=C1/C(=C/c2ccc(OCc3ccc(F)cc3)cc2)C(=O)N=C2SC=C(c3ccccc3)N12. The number of carbonyl (C=O) groups is 1. The quantitative estimate of drug-likeness (QED) is 0.501. The lowest BCUT2D eigenvalue weighted by molar-refractivity contribution is -0.114. The molecule has 0 saturated carbocycles. The lowest BCUT2D eigenvalue weighted by Gasteiger charge is -2.26. The van der Waals surface area contributed by atoms with Crippen LogP contribution in [-0.4, -0.2) is 21.8 Å². The average Bonchev–Trinajstić information content (AvgIpc) is 3.26. The van der Waals surface area contributed by atoms with Crippen molar-refractivity contribution < 1.29 is 13.9 Å². The molecule has 0 unspecified atom stereocenters. The fourth-order valence-corrected chi connectivity index (χ4v) is 4.38. The van der Waals surface area contributed by atoms with Crippen LogP contribution in [0.1, 0.15) is 16.7 Å². The van der Waals surface area contributed by atoms with E-state index in [2.05, 4.69) is 4.99 Å². The van der Waals surface area contributed by atoms with Gasteiger partial charge < -0.3 is 4.74 Å². The Balaban J connectivity index is 1.33. The zero-order valence-electron chi connectivity index (χ0n) is 17.4. The minimum absolute atomic E-state index is 0.0988. The molecule has 3 aromatic carbocycles. The van der Waals surface area contributed by atoms with Crippen molar-refractivity contribution in [3.63, 3.8) is 0 Å². The third kappa shape index (κ3) is 4.36. The lowest BCUT2D eigenvalue weighted by atomic mass is 10.1. The summed E-state index contributed by atoms with van der Waals surface area (Å²) < 4.78 is 18.8. The molecule has 0 atom stereocenters. The number of amides is 1. The van der Waals surface area contributed by atoms with Crippen molar-refractivity contribution in [1.82, 2.24) is 4.90 Å². The van der Waals surface area contributed by atoms with E-state index >= 15 is 0 Å². The molecule has 2 aliphatic heterocycles. The summed E-state index contributed by atoms with van der Waals surface area (Å²) in [5, 5.41) is 11.1. The first-order chi connectivity index (χ1) is 16.1. The second-order valence-electron chi connectivity index (χ2n) is 7.41. The summed E-state index contributed by atoms with van der Waals surface area (Å²) in [6.45, 7) is 0.322. The van der Waals surface area contributed by atoms with Crippen LogP contribution in [0.2, 0.25) is 0 Å². The number of amidine groups is 2. The van der Waals surface area contributed by atoms with Crippen molar-refractivity contribution in [1.29, 1.82) is 5.41 Å². The number of rotatable bonds is 5. The van der Waals surface area contributed by atoms with Crippen LogP contribution in [0.25, 0.3) is 11.8 Å². The molecule has 1 N–H and O–H groups in total. The van der Waals surface area contributed by atoms with Crippen LogP contribution in [0.4, 0.5) is 4.39 Å². The predicted octanol–water partition coefficient (Wildman–Crippen LogP) is 5.71. The molecular weight excluding hydrogens is 437 g/mol. The van der Waals surface area contributed by atoms with Gasteiger partial charge in [0.05, 0.1) is 11.3 Å². The van der Waals surface area contributed by atoms with Crippen LogP contribution in [0.15, 0.2) is 94.8 Å². The van der Waals surface area contributed by atoms with Crippen molar-refractivity contribution >= 4 is 40.4 Å². The molecule has 5 rings (SSSR count). The largest absolute Gasteiger partial charge is 0.489 e. The maximum atomic E-state index is 13.0. The minimum atomic E-state index is -0.432. The predicted molar refractivity (Wildman–Crippen MR) is 129 cm³/mol. The summed E-state index contributed by atoms with van der Waals surface area (Å²) in [6, 6.07) is 23.1. The fourth-order valence-electron chi connectivity index (χ4n) is 3.49. The van der Waals surface area contributed by atoms with E-state index in [0.29, 0.717) is 17.5 Å². The number of halogens is 1. The Labute approximate surface area is 194 Å². The lowest BCUT2D eigenvalue weighted by Crippen LogP contribution is -2.37. The number of nitrogens with one attached hydrogen (secondary N) is 1. The summed E-state index contributed by atoms with van der Waals surface area (Å²) in [7, 11) is 0. The van der Waals surface area contributed by atoms with Crippen molar-refractivity contribution in [2.24, 2.45) is 4.99 Å². The molecule has 7 heteroatoms. The Morgan fingerprint density at radius 2 is 1.73 bits per heavy atom. The fraction of sp³-hybridized carbons (Fsp3) is 0.0385. The van der Waals surface area contributed by atoms with Crippen molar-refractivity contribution in [2.45, 2.75) is 6.61 Å². The molecule has 0 aliphatic carbocycles. The Morgan fingerprint density at radius 1 is 1.00 bits per heavy atom. The zero-order chi connectivity index (χ0) is 22.8. The number of hydrogen-bond donors (Lipinski definition) is 1. The number of benzene rings is 3. The molecule has 0 saturated heterocycles. The number of thioether (sulfide) groups is 1. The van der Waals surface area contributed by atoms with Gasteiger partial charge in [-0.3, -0.25) is 15.1 Å². The normalized spacial score (nSPS) is 16.5. The van der Waals surface area contributed by atoms with Crippen molar-refractivity contribution in [3.05, 3.63) is 112 Å². The molecule has 2 heterocycles. The van der Waals surface area contributed by atoms with Gasteiger partial charge in [-0.05, 0) is 47.0 Å². The van der Waals surface area contributed by atoms with E-state index < -0.39 is 5.91 Å². The maximum absolute atomic E-state index is 13.0. The van der Waals surface area contributed by atoms with E-state index in [-0.39, 0.29) is 17.2 Å². The second-order valence-corrected chi connectivity index (χ2v) is 8.25.